The second-order valence-electron chi connectivity index (χ2n) is 20.9. The number of rotatable bonds is 52. The van der Waals surface area contributed by atoms with Crippen LogP contribution in [0.15, 0.2) is 122 Å². The molecule has 0 aromatic heterocycles. The number of aliphatic hydroxyl groups is 2. The Morgan fingerprint density at radius 2 is 0.790 bits per heavy atom. The number of carbonyl (C=O) groups is 4. The first-order chi connectivity index (χ1) is 39.6. The van der Waals surface area contributed by atoms with Gasteiger partial charge in [0.1, 0.15) is 18.8 Å². The number of carbonyl (C=O) groups excluding carboxylic acids is 3. The summed E-state index contributed by atoms with van der Waals surface area (Å²) < 4.78 is 28.4. The maximum atomic E-state index is 13.2. The molecule has 0 radical (unpaired) electrons. The molecule has 81 heavy (non-hydrogen) atoms. The molecule has 0 aliphatic carbocycles. The van der Waals surface area contributed by atoms with Gasteiger partial charge in [0.25, 0.3) is 0 Å². The molecule has 1 rings (SSSR count). The number of esters is 3. The highest BCUT2D eigenvalue weighted by Crippen LogP contribution is 2.26. The second kappa shape index (κ2) is 55.6. The summed E-state index contributed by atoms with van der Waals surface area (Å²) in [6.45, 7) is 5.69. The van der Waals surface area contributed by atoms with Crippen LogP contribution in [-0.4, -0.2) is 89.2 Å². The molecule has 0 aromatic rings. The Hall–Kier alpha value is -4.88. The zero-order chi connectivity index (χ0) is 58.9. The van der Waals surface area contributed by atoms with Gasteiger partial charge in [-0.1, -0.05) is 219 Å². The van der Waals surface area contributed by atoms with E-state index in [2.05, 4.69) is 136 Å². The first kappa shape index (κ1) is 74.1. The Morgan fingerprint density at radius 3 is 1.22 bits per heavy atom. The third kappa shape index (κ3) is 45.3. The highest BCUT2D eigenvalue weighted by molar-refractivity contribution is 5.74. The fourth-order valence-electron chi connectivity index (χ4n) is 8.74. The lowest BCUT2D eigenvalue weighted by Crippen LogP contribution is -2.61. The van der Waals surface area contributed by atoms with Gasteiger partial charge in [0, 0.05) is 19.3 Å². The molecule has 458 valence electrons. The molecule has 0 aromatic carbocycles. The minimum Gasteiger partial charge on any atom is -0.479 e. The summed E-state index contributed by atoms with van der Waals surface area (Å²) in [5.74, 6) is -3.23. The number of aliphatic carboxylic acids is 1. The van der Waals surface area contributed by atoms with Crippen LogP contribution >= 0.6 is 0 Å². The summed E-state index contributed by atoms with van der Waals surface area (Å²) in [7, 11) is 0. The number of carboxylic acid groups (broad SMARTS) is 1. The van der Waals surface area contributed by atoms with E-state index >= 15 is 0 Å². The smallest absolute Gasteiger partial charge is 0.335 e. The van der Waals surface area contributed by atoms with Crippen LogP contribution in [0.2, 0.25) is 0 Å². The van der Waals surface area contributed by atoms with Crippen LogP contribution in [0.3, 0.4) is 0 Å². The van der Waals surface area contributed by atoms with Crippen LogP contribution in [-0.2, 0) is 42.9 Å². The zero-order valence-electron chi connectivity index (χ0n) is 50.5. The van der Waals surface area contributed by atoms with E-state index in [-0.39, 0.29) is 25.9 Å². The second-order valence-corrected chi connectivity index (χ2v) is 20.9. The fraction of sp³-hybridized carbons (Fsp3) is 0.652. The summed E-state index contributed by atoms with van der Waals surface area (Å²) >= 11 is 0. The molecule has 1 aliphatic heterocycles. The lowest BCUT2D eigenvalue weighted by atomic mass is 9.98. The number of unbranched alkanes of at least 4 members (excludes halogenated alkanes) is 18. The van der Waals surface area contributed by atoms with Gasteiger partial charge in [-0.25, -0.2) is 4.79 Å². The van der Waals surface area contributed by atoms with Gasteiger partial charge in [0.15, 0.2) is 24.6 Å². The summed E-state index contributed by atoms with van der Waals surface area (Å²) in [5, 5.41) is 31.6. The first-order valence-corrected chi connectivity index (χ1v) is 31.5. The monoisotopic (exact) mass is 1130 g/mol. The summed E-state index contributed by atoms with van der Waals surface area (Å²) in [6.07, 6.45) is 64.4. The van der Waals surface area contributed by atoms with Gasteiger partial charge in [0.2, 0.25) is 0 Å². The van der Waals surface area contributed by atoms with Crippen LogP contribution in [0.5, 0.6) is 0 Å². The Bertz CT molecular complexity index is 1870. The van der Waals surface area contributed by atoms with Gasteiger partial charge in [-0.05, 0) is 122 Å². The number of allylic oxidation sites excluding steroid dienone is 20. The number of ether oxygens (including phenoxy) is 5. The van der Waals surface area contributed by atoms with Crippen LogP contribution in [0.1, 0.15) is 239 Å². The molecule has 0 spiro atoms. The van der Waals surface area contributed by atoms with Gasteiger partial charge in [-0.3, -0.25) is 14.4 Å². The van der Waals surface area contributed by atoms with Crippen LogP contribution in [0.4, 0.5) is 0 Å². The van der Waals surface area contributed by atoms with Gasteiger partial charge in [-0.15, -0.1) is 0 Å². The third-order valence-electron chi connectivity index (χ3n) is 13.5. The van der Waals surface area contributed by atoms with Crippen LogP contribution < -0.4 is 0 Å². The number of carboxylic acids is 1. The molecular weight excluding hydrogens is 1020 g/mol. The Labute approximate surface area is 490 Å². The van der Waals surface area contributed by atoms with E-state index < -0.39 is 67.3 Å². The minimum absolute atomic E-state index is 0.0367. The van der Waals surface area contributed by atoms with E-state index in [4.69, 9.17) is 23.7 Å². The van der Waals surface area contributed by atoms with Gasteiger partial charge in [0.05, 0.1) is 6.61 Å². The van der Waals surface area contributed by atoms with Crippen molar-refractivity contribution in [1.29, 1.82) is 0 Å². The predicted molar refractivity (Wildman–Crippen MR) is 330 cm³/mol. The van der Waals surface area contributed by atoms with Crippen LogP contribution in [0, 0.1) is 0 Å². The normalized spacial score (nSPS) is 18.6. The van der Waals surface area contributed by atoms with Gasteiger partial charge in [-0.2, -0.15) is 0 Å². The Morgan fingerprint density at radius 1 is 0.420 bits per heavy atom. The lowest BCUT2D eigenvalue weighted by molar-refractivity contribution is -0.301. The first-order valence-electron chi connectivity index (χ1n) is 31.5. The maximum absolute atomic E-state index is 13.2. The van der Waals surface area contributed by atoms with Crippen molar-refractivity contribution >= 4 is 23.9 Å². The molecule has 6 unspecified atom stereocenters. The maximum Gasteiger partial charge on any atom is 0.335 e. The number of aliphatic hydroxyl groups excluding tert-OH is 2. The molecule has 3 N–H and O–H groups in total. The highest BCUT2D eigenvalue weighted by Gasteiger charge is 2.50. The van der Waals surface area contributed by atoms with Crippen molar-refractivity contribution in [3.63, 3.8) is 0 Å². The Kier molecular flexibility index (Phi) is 50.9. The standard InChI is InChI=1S/C69H110O12/c1-4-7-10-13-16-19-22-25-28-31-34-37-40-43-46-49-52-55-61(70)77-58-60(79-62(71)56-53-50-47-44-41-38-35-32-29-26-23-20-17-14-11-8-5-2)59-78-69-67(65(74)64(73)66(81-69)68(75)76)80-63(72)57-54-51-48-45-42-39-36-33-30-27-24-21-18-15-12-9-6-3/h7,9-10,12,16-21,25-30,34,37,43,46,60,64-67,69,73-74H,4-6,8,11,13-15,22-24,31-33,35-36,38-42,44-45,47-59H2,1-3H3,(H,75,76)/b10-7-,12-9-,19-16-,20-17-,21-18-,28-25-,29-26-,30-27-,37-34-,46-43-. The fourth-order valence-corrected chi connectivity index (χ4v) is 8.74. The SMILES string of the molecule is CC/C=C\C/C=C\C/C=C\C/C=C\C/C=C\CCCC(=O)OCC(COC1OC(C(=O)O)C(O)C(O)C1OC(=O)CCCCCCCCC/C=C\C/C=C\C/C=C\CC)OC(=O)CCCCCCCCC/C=C\C/C=C\CCCCC. The average Bonchev–Trinajstić information content (AvgIpc) is 3.53. The molecule has 1 heterocycles. The van der Waals surface area contributed by atoms with Gasteiger partial charge >= 0.3 is 23.9 Å². The average molecular weight is 1130 g/mol. The van der Waals surface area contributed by atoms with Crippen molar-refractivity contribution in [2.24, 2.45) is 0 Å². The molecular formula is C69H110O12. The van der Waals surface area contributed by atoms with E-state index in [1.54, 1.807) is 0 Å². The molecule has 0 amide bonds. The Balaban J connectivity index is 2.73. The molecule has 0 bridgehead atoms. The van der Waals surface area contributed by atoms with Gasteiger partial charge < -0.3 is 39.0 Å². The number of hydrogen-bond donors (Lipinski definition) is 3. The molecule has 0 saturated carbocycles. The van der Waals surface area contributed by atoms with Crippen LogP contribution in [0.25, 0.3) is 0 Å². The molecule has 12 heteroatoms. The quantitative estimate of drug-likeness (QED) is 0.0228. The van der Waals surface area contributed by atoms with E-state index in [1.807, 2.05) is 6.08 Å². The molecule has 1 saturated heterocycles. The van der Waals surface area contributed by atoms with Crippen molar-refractivity contribution in [2.45, 2.75) is 276 Å². The van der Waals surface area contributed by atoms with Crippen molar-refractivity contribution in [2.75, 3.05) is 13.2 Å². The van der Waals surface area contributed by atoms with E-state index in [0.717, 1.165) is 154 Å². The molecule has 12 nitrogen and oxygen atoms in total. The predicted octanol–water partition coefficient (Wildman–Crippen LogP) is 16.8. The van der Waals surface area contributed by atoms with Crippen molar-refractivity contribution in [3.8, 4) is 0 Å². The minimum atomic E-state index is -1.92. The highest BCUT2D eigenvalue weighted by atomic mass is 16.7. The summed E-state index contributed by atoms with van der Waals surface area (Å²) in [6, 6.07) is 0. The summed E-state index contributed by atoms with van der Waals surface area (Å²) in [4.78, 5) is 51.3. The van der Waals surface area contributed by atoms with Crippen molar-refractivity contribution < 1.29 is 58.2 Å². The molecule has 6 atom stereocenters. The molecule has 1 fully saturated rings. The summed E-state index contributed by atoms with van der Waals surface area (Å²) in [5.41, 5.74) is 0. The molecule has 1 aliphatic rings. The topological polar surface area (TPSA) is 175 Å². The van der Waals surface area contributed by atoms with E-state index in [0.29, 0.717) is 25.7 Å². The lowest BCUT2D eigenvalue weighted by Gasteiger charge is -2.40. The zero-order valence-corrected chi connectivity index (χ0v) is 50.5. The van der Waals surface area contributed by atoms with Crippen molar-refractivity contribution in [1.82, 2.24) is 0 Å². The number of hydrogen-bond acceptors (Lipinski definition) is 11. The van der Waals surface area contributed by atoms with Crippen molar-refractivity contribution in [3.05, 3.63) is 122 Å². The largest absolute Gasteiger partial charge is 0.479 e. The third-order valence-corrected chi connectivity index (χ3v) is 13.5. The van der Waals surface area contributed by atoms with E-state index in [1.165, 1.54) is 19.3 Å². The van der Waals surface area contributed by atoms with E-state index in [9.17, 15) is 34.5 Å².